The summed E-state index contributed by atoms with van der Waals surface area (Å²) in [5, 5.41) is 11.0. The Labute approximate surface area is 111 Å². The molecule has 0 saturated carbocycles. The number of aromatic carboxylic acids is 1. The molecule has 20 heavy (non-hydrogen) atoms. The standard InChI is InChI=1S/C12H7F2N3O3/c13-9-7(2-4-16-10(9)14)11(18)17-6-1-3-15-8(5-6)12(19)20/h1-5H,(H,19,20)(H,15,17,18). The predicted octanol–water partition coefficient (Wildman–Crippen LogP) is 1.71. The number of carbonyl (C=O) groups is 2. The molecular formula is C12H7F2N3O3. The van der Waals surface area contributed by atoms with Gasteiger partial charge in [0.05, 0.1) is 5.56 Å². The van der Waals surface area contributed by atoms with Gasteiger partial charge in [-0.3, -0.25) is 4.79 Å². The number of hydrogen-bond donors (Lipinski definition) is 2. The van der Waals surface area contributed by atoms with Crippen LogP contribution in [0.2, 0.25) is 0 Å². The van der Waals surface area contributed by atoms with Crippen LogP contribution in [-0.4, -0.2) is 27.0 Å². The lowest BCUT2D eigenvalue weighted by atomic mass is 10.2. The van der Waals surface area contributed by atoms with Crippen LogP contribution in [0, 0.1) is 11.8 Å². The van der Waals surface area contributed by atoms with Crippen LogP contribution in [0.3, 0.4) is 0 Å². The first-order chi connectivity index (χ1) is 9.49. The number of aromatic nitrogens is 2. The normalized spacial score (nSPS) is 10.1. The van der Waals surface area contributed by atoms with Gasteiger partial charge in [-0.25, -0.2) is 19.2 Å². The highest BCUT2D eigenvalue weighted by molar-refractivity contribution is 6.04. The highest BCUT2D eigenvalue weighted by atomic mass is 19.2. The Morgan fingerprint density at radius 1 is 1.15 bits per heavy atom. The minimum Gasteiger partial charge on any atom is -0.477 e. The number of carboxylic acid groups (broad SMARTS) is 1. The van der Waals surface area contributed by atoms with Crippen molar-refractivity contribution in [2.75, 3.05) is 5.32 Å². The summed E-state index contributed by atoms with van der Waals surface area (Å²) in [7, 11) is 0. The van der Waals surface area contributed by atoms with Gasteiger partial charge in [0, 0.05) is 18.1 Å². The first-order valence-corrected chi connectivity index (χ1v) is 5.29. The summed E-state index contributed by atoms with van der Waals surface area (Å²) < 4.78 is 26.3. The van der Waals surface area contributed by atoms with Crippen LogP contribution in [0.5, 0.6) is 0 Å². The second kappa shape index (κ2) is 5.39. The zero-order valence-corrected chi connectivity index (χ0v) is 9.80. The Bertz CT molecular complexity index is 691. The summed E-state index contributed by atoms with van der Waals surface area (Å²) in [6, 6.07) is 3.42. The molecule has 2 aromatic heterocycles. The monoisotopic (exact) mass is 279 g/mol. The zero-order chi connectivity index (χ0) is 14.7. The van der Waals surface area contributed by atoms with Gasteiger partial charge in [-0.2, -0.15) is 4.39 Å². The molecule has 0 aliphatic carbocycles. The molecule has 0 fully saturated rings. The average Bonchev–Trinajstić information content (AvgIpc) is 2.42. The predicted molar refractivity (Wildman–Crippen MR) is 63.3 cm³/mol. The van der Waals surface area contributed by atoms with Gasteiger partial charge < -0.3 is 10.4 Å². The van der Waals surface area contributed by atoms with E-state index in [0.717, 1.165) is 18.3 Å². The fourth-order valence-electron chi connectivity index (χ4n) is 1.42. The first kappa shape index (κ1) is 13.5. The van der Waals surface area contributed by atoms with Crippen molar-refractivity contribution in [3.63, 3.8) is 0 Å². The van der Waals surface area contributed by atoms with E-state index in [1.807, 2.05) is 0 Å². The molecule has 0 atom stereocenters. The summed E-state index contributed by atoms with van der Waals surface area (Å²) >= 11 is 0. The van der Waals surface area contributed by atoms with Gasteiger partial charge in [-0.15, -0.1) is 0 Å². The van der Waals surface area contributed by atoms with Crippen LogP contribution in [-0.2, 0) is 0 Å². The summed E-state index contributed by atoms with van der Waals surface area (Å²) in [6.45, 7) is 0. The summed E-state index contributed by atoms with van der Waals surface area (Å²) in [5.41, 5.74) is -0.727. The van der Waals surface area contributed by atoms with Gasteiger partial charge in [0.1, 0.15) is 5.69 Å². The smallest absolute Gasteiger partial charge is 0.354 e. The lowest BCUT2D eigenvalue weighted by Gasteiger charge is -2.06. The van der Waals surface area contributed by atoms with E-state index >= 15 is 0 Å². The maximum atomic E-state index is 13.4. The van der Waals surface area contributed by atoms with Crippen LogP contribution in [0.25, 0.3) is 0 Å². The van der Waals surface area contributed by atoms with Crippen LogP contribution < -0.4 is 5.32 Å². The highest BCUT2D eigenvalue weighted by Crippen LogP contribution is 2.13. The van der Waals surface area contributed by atoms with E-state index in [0.29, 0.717) is 0 Å². The van der Waals surface area contributed by atoms with Crippen molar-refractivity contribution in [3.05, 3.63) is 53.6 Å². The second-order valence-electron chi connectivity index (χ2n) is 3.65. The molecular weight excluding hydrogens is 272 g/mol. The Hall–Kier alpha value is -2.90. The molecule has 0 saturated heterocycles. The van der Waals surface area contributed by atoms with E-state index in [2.05, 4.69) is 15.3 Å². The highest BCUT2D eigenvalue weighted by Gasteiger charge is 2.16. The molecule has 1 amide bonds. The van der Waals surface area contributed by atoms with Crippen molar-refractivity contribution >= 4 is 17.6 Å². The van der Waals surface area contributed by atoms with E-state index in [9.17, 15) is 18.4 Å². The number of pyridine rings is 2. The Kier molecular flexibility index (Phi) is 3.65. The van der Waals surface area contributed by atoms with E-state index in [1.165, 1.54) is 12.3 Å². The zero-order valence-electron chi connectivity index (χ0n) is 9.80. The van der Waals surface area contributed by atoms with Crippen LogP contribution in [0.15, 0.2) is 30.6 Å². The number of nitrogens with zero attached hydrogens (tertiary/aromatic N) is 2. The minimum absolute atomic E-state index is 0.0963. The lowest BCUT2D eigenvalue weighted by Crippen LogP contribution is -2.15. The summed E-state index contributed by atoms with van der Waals surface area (Å²) in [4.78, 5) is 29.1. The maximum Gasteiger partial charge on any atom is 0.354 e. The number of carbonyl (C=O) groups excluding carboxylic acids is 1. The fraction of sp³-hybridized carbons (Fsp3) is 0. The third-order valence-electron chi connectivity index (χ3n) is 2.33. The van der Waals surface area contributed by atoms with Gasteiger partial charge in [0.15, 0.2) is 5.82 Å². The Morgan fingerprint density at radius 3 is 2.55 bits per heavy atom. The molecule has 2 N–H and O–H groups in total. The second-order valence-corrected chi connectivity index (χ2v) is 3.65. The van der Waals surface area contributed by atoms with Gasteiger partial charge in [0.2, 0.25) is 5.95 Å². The van der Waals surface area contributed by atoms with E-state index < -0.39 is 29.2 Å². The molecule has 0 aromatic carbocycles. The largest absolute Gasteiger partial charge is 0.477 e. The molecule has 6 nitrogen and oxygen atoms in total. The molecule has 2 heterocycles. The molecule has 0 bridgehead atoms. The molecule has 0 radical (unpaired) electrons. The Balaban J connectivity index is 2.26. The fourth-order valence-corrected chi connectivity index (χ4v) is 1.42. The quantitative estimate of drug-likeness (QED) is 0.834. The van der Waals surface area contributed by atoms with Crippen molar-refractivity contribution in [1.82, 2.24) is 9.97 Å². The van der Waals surface area contributed by atoms with Crippen molar-refractivity contribution in [1.29, 1.82) is 0 Å². The number of amides is 1. The first-order valence-electron chi connectivity index (χ1n) is 5.29. The number of anilines is 1. The van der Waals surface area contributed by atoms with Crippen LogP contribution in [0.4, 0.5) is 14.5 Å². The maximum absolute atomic E-state index is 13.4. The number of nitrogens with one attached hydrogen (secondary N) is 1. The number of halogens is 2. The molecule has 0 aliphatic heterocycles. The third kappa shape index (κ3) is 2.74. The SMILES string of the molecule is O=C(O)c1cc(NC(=O)c2ccnc(F)c2F)ccn1. The Morgan fingerprint density at radius 2 is 1.85 bits per heavy atom. The topological polar surface area (TPSA) is 92.2 Å². The minimum atomic E-state index is -1.39. The van der Waals surface area contributed by atoms with Gasteiger partial charge in [-0.1, -0.05) is 0 Å². The number of rotatable bonds is 3. The van der Waals surface area contributed by atoms with E-state index in [4.69, 9.17) is 5.11 Å². The van der Waals surface area contributed by atoms with Gasteiger partial charge in [0.25, 0.3) is 5.91 Å². The van der Waals surface area contributed by atoms with E-state index in [1.54, 1.807) is 0 Å². The number of carboxylic acids is 1. The lowest BCUT2D eigenvalue weighted by molar-refractivity contribution is 0.0690. The number of hydrogen-bond acceptors (Lipinski definition) is 4. The van der Waals surface area contributed by atoms with Gasteiger partial charge >= 0.3 is 5.97 Å². The van der Waals surface area contributed by atoms with Crippen molar-refractivity contribution in [2.45, 2.75) is 0 Å². The average molecular weight is 279 g/mol. The van der Waals surface area contributed by atoms with Crippen molar-refractivity contribution in [2.24, 2.45) is 0 Å². The van der Waals surface area contributed by atoms with Gasteiger partial charge in [-0.05, 0) is 18.2 Å². The molecule has 2 rings (SSSR count). The third-order valence-corrected chi connectivity index (χ3v) is 2.33. The molecule has 0 spiro atoms. The molecule has 8 heteroatoms. The molecule has 0 unspecified atom stereocenters. The van der Waals surface area contributed by atoms with Crippen molar-refractivity contribution < 1.29 is 23.5 Å². The molecule has 2 aromatic rings. The van der Waals surface area contributed by atoms with E-state index in [-0.39, 0.29) is 11.4 Å². The summed E-state index contributed by atoms with van der Waals surface area (Å²) in [5.74, 6) is -4.97. The molecule has 0 aliphatic rings. The van der Waals surface area contributed by atoms with Crippen molar-refractivity contribution in [3.8, 4) is 0 Å². The molecule has 102 valence electrons. The van der Waals surface area contributed by atoms with Crippen LogP contribution in [0.1, 0.15) is 20.8 Å². The summed E-state index contributed by atoms with van der Waals surface area (Å²) in [6.07, 6.45) is 2.12. The van der Waals surface area contributed by atoms with Crippen LogP contribution >= 0.6 is 0 Å².